The number of nitrogens with zero attached hydrogens (tertiary/aromatic N) is 4. The summed E-state index contributed by atoms with van der Waals surface area (Å²) in [7, 11) is 1.50. The molecule has 3 heterocycles. The molecule has 0 spiro atoms. The molecule has 2 aromatic heterocycles. The highest BCUT2D eigenvalue weighted by Crippen LogP contribution is 2.44. The highest BCUT2D eigenvalue weighted by molar-refractivity contribution is 7.80. The Labute approximate surface area is 227 Å². The average Bonchev–Trinajstić information content (AvgIpc) is 3.38. The van der Waals surface area contributed by atoms with Crippen LogP contribution in [-0.4, -0.2) is 26.7 Å². The van der Waals surface area contributed by atoms with Crippen molar-refractivity contribution in [2.75, 3.05) is 12.0 Å². The lowest BCUT2D eigenvalue weighted by Gasteiger charge is -2.28. The van der Waals surface area contributed by atoms with Crippen LogP contribution in [0.1, 0.15) is 45.9 Å². The van der Waals surface area contributed by atoms with Crippen LogP contribution in [0.15, 0.2) is 66.9 Å². The second-order valence-corrected chi connectivity index (χ2v) is 10.0. The first-order valence-corrected chi connectivity index (χ1v) is 12.7. The van der Waals surface area contributed by atoms with E-state index in [1.807, 2.05) is 36.6 Å². The minimum absolute atomic E-state index is 0.0230. The Morgan fingerprint density at radius 3 is 2.39 bits per heavy atom. The lowest BCUT2D eigenvalue weighted by atomic mass is 9.96. The topological polar surface area (TPSA) is 85.5 Å². The fourth-order valence-electron chi connectivity index (χ4n) is 5.46. The van der Waals surface area contributed by atoms with Gasteiger partial charge in [-0.2, -0.15) is 0 Å². The van der Waals surface area contributed by atoms with Gasteiger partial charge in [-0.3, -0.25) is 15.1 Å². The van der Waals surface area contributed by atoms with Gasteiger partial charge in [0.25, 0.3) is 5.69 Å². The maximum Gasteiger partial charge on any atom is 0.296 e. The summed E-state index contributed by atoms with van der Waals surface area (Å²) in [6, 6.07) is 18.8. The van der Waals surface area contributed by atoms with Crippen molar-refractivity contribution in [3.63, 3.8) is 0 Å². The van der Waals surface area contributed by atoms with E-state index in [4.69, 9.17) is 17.0 Å². The minimum atomic E-state index is -0.374. The number of ether oxygens (including phenoxy) is 1. The van der Waals surface area contributed by atoms with E-state index in [-0.39, 0.29) is 22.7 Å². The number of hydrogen-bond acceptors (Lipinski definition) is 5. The van der Waals surface area contributed by atoms with Gasteiger partial charge < -0.3 is 19.5 Å². The summed E-state index contributed by atoms with van der Waals surface area (Å²) in [5.41, 5.74) is 7.38. The Kier molecular flexibility index (Phi) is 6.62. The summed E-state index contributed by atoms with van der Waals surface area (Å²) >= 11 is 5.90. The first-order chi connectivity index (χ1) is 18.2. The molecule has 5 rings (SSSR count). The van der Waals surface area contributed by atoms with E-state index in [9.17, 15) is 10.1 Å². The van der Waals surface area contributed by atoms with Gasteiger partial charge in [-0.15, -0.1) is 0 Å². The van der Waals surface area contributed by atoms with Crippen LogP contribution in [-0.2, 0) is 0 Å². The Morgan fingerprint density at radius 2 is 1.76 bits per heavy atom. The number of anilines is 1. The van der Waals surface area contributed by atoms with Crippen LogP contribution in [0.2, 0.25) is 0 Å². The van der Waals surface area contributed by atoms with E-state index >= 15 is 0 Å². The largest absolute Gasteiger partial charge is 0.496 e. The second kappa shape index (κ2) is 9.90. The molecule has 0 radical (unpaired) electrons. The SMILES string of the molecule is COc1ccc(-n2c(C)cc([C@@H]3[C@@H](c4ccccn4)NC(=S)N3c3cc(C)cc(C)c3)c2C)c([N+](=O)[O-])c1. The molecule has 8 nitrogen and oxygen atoms in total. The van der Waals surface area contributed by atoms with Crippen molar-refractivity contribution < 1.29 is 9.66 Å². The monoisotopic (exact) mass is 527 g/mol. The van der Waals surface area contributed by atoms with Gasteiger partial charge in [-0.05, 0) is 99.1 Å². The zero-order valence-corrected chi connectivity index (χ0v) is 22.7. The number of nitro groups is 1. The summed E-state index contributed by atoms with van der Waals surface area (Å²) < 4.78 is 7.18. The van der Waals surface area contributed by atoms with Gasteiger partial charge in [-0.25, -0.2) is 0 Å². The number of benzene rings is 2. The van der Waals surface area contributed by atoms with Crippen molar-refractivity contribution in [2.24, 2.45) is 0 Å². The third kappa shape index (κ3) is 4.39. The van der Waals surface area contributed by atoms with Gasteiger partial charge in [0.05, 0.1) is 35.9 Å². The maximum absolute atomic E-state index is 12.0. The molecule has 1 aliphatic heterocycles. The molecule has 2 aromatic carbocycles. The van der Waals surface area contributed by atoms with Crippen molar-refractivity contribution in [1.82, 2.24) is 14.9 Å². The fraction of sp³-hybridized carbons (Fsp3) is 0.241. The molecule has 9 heteroatoms. The normalized spacial score (nSPS) is 17.0. The van der Waals surface area contributed by atoms with Crippen LogP contribution in [0.4, 0.5) is 11.4 Å². The van der Waals surface area contributed by atoms with Crippen LogP contribution < -0.4 is 15.0 Å². The molecule has 1 saturated heterocycles. The van der Waals surface area contributed by atoms with Crippen LogP contribution in [0.3, 0.4) is 0 Å². The van der Waals surface area contributed by atoms with Crippen LogP contribution >= 0.6 is 12.2 Å². The molecule has 1 fully saturated rings. The van der Waals surface area contributed by atoms with Crippen LogP contribution in [0.25, 0.3) is 5.69 Å². The molecular weight excluding hydrogens is 498 g/mol. The number of aromatic nitrogens is 2. The van der Waals surface area contributed by atoms with Gasteiger partial charge in [-0.1, -0.05) is 12.1 Å². The van der Waals surface area contributed by atoms with E-state index in [0.717, 1.165) is 39.5 Å². The van der Waals surface area contributed by atoms with Gasteiger partial charge in [0.1, 0.15) is 11.4 Å². The van der Waals surface area contributed by atoms with E-state index in [1.54, 1.807) is 18.3 Å². The van der Waals surface area contributed by atoms with Crippen molar-refractivity contribution in [1.29, 1.82) is 0 Å². The molecule has 0 unspecified atom stereocenters. The number of pyridine rings is 1. The van der Waals surface area contributed by atoms with Crippen molar-refractivity contribution in [2.45, 2.75) is 39.8 Å². The quantitative estimate of drug-likeness (QED) is 0.182. The van der Waals surface area contributed by atoms with Gasteiger partial charge >= 0.3 is 0 Å². The molecule has 0 aliphatic carbocycles. The Morgan fingerprint density at radius 1 is 1.03 bits per heavy atom. The molecule has 0 amide bonds. The van der Waals surface area contributed by atoms with Gasteiger partial charge in [0.2, 0.25) is 0 Å². The summed E-state index contributed by atoms with van der Waals surface area (Å²) in [5.74, 6) is 0.435. The molecule has 4 aromatic rings. The van der Waals surface area contributed by atoms with E-state index in [0.29, 0.717) is 16.5 Å². The molecule has 2 atom stereocenters. The maximum atomic E-state index is 12.0. The summed E-state index contributed by atoms with van der Waals surface area (Å²) in [6.45, 7) is 8.10. The van der Waals surface area contributed by atoms with Crippen LogP contribution in [0.5, 0.6) is 5.75 Å². The predicted molar refractivity (Wildman–Crippen MR) is 152 cm³/mol. The average molecular weight is 528 g/mol. The Bertz CT molecular complexity index is 1530. The molecule has 1 aliphatic rings. The minimum Gasteiger partial charge on any atom is -0.496 e. The first-order valence-electron chi connectivity index (χ1n) is 12.3. The van der Waals surface area contributed by atoms with Crippen molar-refractivity contribution >= 4 is 28.7 Å². The van der Waals surface area contributed by atoms with Crippen molar-refractivity contribution in [3.05, 3.63) is 111 Å². The second-order valence-electron chi connectivity index (χ2n) is 9.62. The molecule has 1 N–H and O–H groups in total. The van der Waals surface area contributed by atoms with Crippen molar-refractivity contribution in [3.8, 4) is 11.4 Å². The number of rotatable bonds is 6. The summed E-state index contributed by atoms with van der Waals surface area (Å²) in [5, 5.41) is 16.1. The zero-order chi connectivity index (χ0) is 27.1. The van der Waals surface area contributed by atoms with Gasteiger partial charge in [0, 0.05) is 23.3 Å². The standard InChI is InChI=1S/C29H29N5O3S/c1-17-12-18(2)14-21(13-17)33-28(27(31-29(33)38)24-8-6-7-11-30-24)23-15-19(3)32(20(23)4)25-10-9-22(37-5)16-26(25)34(35)36/h6-16,27-28H,1-5H3,(H,31,38)/t27-,28-/m1/s1. The third-order valence-corrected chi connectivity index (χ3v) is 7.31. The zero-order valence-electron chi connectivity index (χ0n) is 21.9. The third-order valence-electron chi connectivity index (χ3n) is 6.99. The Balaban J connectivity index is 1.72. The van der Waals surface area contributed by atoms with Crippen LogP contribution in [0, 0.1) is 37.8 Å². The smallest absolute Gasteiger partial charge is 0.296 e. The molecule has 0 saturated carbocycles. The summed E-state index contributed by atoms with van der Waals surface area (Å²) in [4.78, 5) is 18.4. The lowest BCUT2D eigenvalue weighted by Crippen LogP contribution is -2.29. The number of nitrogens with one attached hydrogen (secondary N) is 1. The molecule has 38 heavy (non-hydrogen) atoms. The van der Waals surface area contributed by atoms with E-state index in [1.165, 1.54) is 13.2 Å². The lowest BCUT2D eigenvalue weighted by molar-refractivity contribution is -0.384. The van der Waals surface area contributed by atoms with Gasteiger partial charge in [0.15, 0.2) is 5.11 Å². The van der Waals surface area contributed by atoms with E-state index in [2.05, 4.69) is 53.3 Å². The molecular formula is C29H29N5O3S. The Hall–Kier alpha value is -4.24. The number of nitro benzene ring substituents is 1. The number of aryl methyl sites for hydroxylation is 3. The number of thiocarbonyl (C=S) groups is 1. The number of hydrogen-bond donors (Lipinski definition) is 1. The molecule has 194 valence electrons. The first kappa shape index (κ1) is 25.4. The van der Waals surface area contributed by atoms with E-state index < -0.39 is 0 Å². The summed E-state index contributed by atoms with van der Waals surface area (Å²) in [6.07, 6.45) is 1.78. The predicted octanol–water partition coefficient (Wildman–Crippen LogP) is 6.20. The number of methoxy groups -OCH3 is 1. The highest BCUT2D eigenvalue weighted by Gasteiger charge is 2.42. The highest BCUT2D eigenvalue weighted by atomic mass is 32.1. The molecule has 0 bridgehead atoms. The fourth-order valence-corrected chi connectivity index (χ4v) is 5.81.